The number of benzene rings is 2. The fourth-order valence-electron chi connectivity index (χ4n) is 2.23. The molecule has 0 heterocycles. The van der Waals surface area contributed by atoms with Crippen LogP contribution in [0.1, 0.15) is 24.1 Å². The largest absolute Gasteiger partial charge is 0.310 e. The summed E-state index contributed by atoms with van der Waals surface area (Å²) in [6.07, 6.45) is 0.814. The lowest BCUT2D eigenvalue weighted by Crippen LogP contribution is -2.23. The van der Waals surface area contributed by atoms with Crippen molar-refractivity contribution in [1.82, 2.24) is 5.32 Å². The highest BCUT2D eigenvalue weighted by atomic mass is 35.5. The number of halogens is 3. The second-order valence-corrected chi connectivity index (χ2v) is 5.81. The van der Waals surface area contributed by atoms with Crippen LogP contribution in [0.5, 0.6) is 0 Å². The van der Waals surface area contributed by atoms with Crippen LogP contribution in [0.2, 0.25) is 15.1 Å². The quantitative estimate of drug-likeness (QED) is 0.760. The molecule has 0 saturated heterocycles. The highest BCUT2D eigenvalue weighted by molar-refractivity contribution is 6.42. The third kappa shape index (κ3) is 3.89. The molecular weight excluding hydrogens is 313 g/mol. The van der Waals surface area contributed by atoms with Crippen LogP contribution in [0.15, 0.2) is 42.5 Å². The number of hydrogen-bond donors (Lipinski definition) is 1. The van der Waals surface area contributed by atoms with Gasteiger partial charge in [-0.3, -0.25) is 0 Å². The minimum absolute atomic E-state index is 0.115. The van der Waals surface area contributed by atoms with Crippen molar-refractivity contribution >= 4 is 34.8 Å². The van der Waals surface area contributed by atoms with Gasteiger partial charge in [0.05, 0.1) is 10.0 Å². The molecule has 0 bridgehead atoms. The Kier molecular flexibility index (Phi) is 5.74. The highest BCUT2D eigenvalue weighted by Crippen LogP contribution is 2.31. The van der Waals surface area contributed by atoms with Crippen LogP contribution in [0.4, 0.5) is 0 Å². The Hall–Kier alpha value is -0.730. The molecule has 0 aromatic heterocycles. The van der Waals surface area contributed by atoms with Gasteiger partial charge in [-0.1, -0.05) is 66.0 Å². The van der Waals surface area contributed by atoms with Gasteiger partial charge in [-0.2, -0.15) is 0 Å². The normalized spacial score (nSPS) is 12.4. The van der Waals surface area contributed by atoms with E-state index in [9.17, 15) is 0 Å². The Morgan fingerprint density at radius 2 is 1.80 bits per heavy atom. The van der Waals surface area contributed by atoms with Crippen molar-refractivity contribution in [2.75, 3.05) is 6.54 Å². The molecule has 0 aliphatic rings. The molecule has 1 N–H and O–H groups in total. The Morgan fingerprint density at radius 3 is 2.50 bits per heavy atom. The van der Waals surface area contributed by atoms with Gasteiger partial charge in [0, 0.05) is 11.1 Å². The van der Waals surface area contributed by atoms with Crippen LogP contribution in [0.25, 0.3) is 0 Å². The maximum absolute atomic E-state index is 6.32. The molecule has 1 unspecified atom stereocenters. The van der Waals surface area contributed by atoms with E-state index in [0.717, 1.165) is 23.6 Å². The van der Waals surface area contributed by atoms with E-state index in [2.05, 4.69) is 18.3 Å². The van der Waals surface area contributed by atoms with Crippen LogP contribution in [0, 0.1) is 0 Å². The van der Waals surface area contributed by atoms with Gasteiger partial charge < -0.3 is 5.32 Å². The molecule has 0 amide bonds. The Morgan fingerprint density at radius 1 is 1.05 bits per heavy atom. The number of rotatable bonds is 5. The molecule has 4 heteroatoms. The molecule has 106 valence electrons. The highest BCUT2D eigenvalue weighted by Gasteiger charge is 2.16. The summed E-state index contributed by atoms with van der Waals surface area (Å²) >= 11 is 18.5. The number of likely N-dealkylation sites (N-methyl/N-ethyl adjacent to an activating group) is 1. The Labute approximate surface area is 134 Å². The first-order chi connectivity index (χ1) is 9.61. The van der Waals surface area contributed by atoms with Gasteiger partial charge in [-0.05, 0) is 42.3 Å². The van der Waals surface area contributed by atoms with Crippen LogP contribution in [-0.2, 0) is 6.42 Å². The van der Waals surface area contributed by atoms with Gasteiger partial charge in [0.25, 0.3) is 0 Å². The van der Waals surface area contributed by atoms with E-state index in [1.807, 2.05) is 30.3 Å². The standard InChI is InChI=1S/C16H16Cl3N/c1-2-20-15(10-11-5-3-6-12(17)9-11)13-7-4-8-14(18)16(13)19/h3-9,15,20H,2,10H2,1H3. The third-order valence-corrected chi connectivity index (χ3v) is 4.20. The molecule has 2 rings (SSSR count). The molecule has 0 radical (unpaired) electrons. The first-order valence-electron chi connectivity index (χ1n) is 6.53. The van der Waals surface area contributed by atoms with Crippen molar-refractivity contribution < 1.29 is 0 Å². The van der Waals surface area contributed by atoms with Gasteiger partial charge in [-0.15, -0.1) is 0 Å². The molecule has 0 saturated carbocycles. The minimum atomic E-state index is 0.115. The van der Waals surface area contributed by atoms with Gasteiger partial charge in [0.1, 0.15) is 0 Å². The van der Waals surface area contributed by atoms with E-state index in [4.69, 9.17) is 34.8 Å². The fraction of sp³-hybridized carbons (Fsp3) is 0.250. The fourth-order valence-corrected chi connectivity index (χ4v) is 2.88. The Bertz CT molecular complexity index is 584. The lowest BCUT2D eigenvalue weighted by Gasteiger charge is -2.20. The first-order valence-corrected chi connectivity index (χ1v) is 7.67. The third-order valence-electron chi connectivity index (χ3n) is 3.14. The summed E-state index contributed by atoms with van der Waals surface area (Å²) in [4.78, 5) is 0. The smallest absolute Gasteiger partial charge is 0.0640 e. The maximum Gasteiger partial charge on any atom is 0.0640 e. The molecule has 20 heavy (non-hydrogen) atoms. The van der Waals surface area contributed by atoms with E-state index >= 15 is 0 Å². The van der Waals surface area contributed by atoms with Gasteiger partial charge >= 0.3 is 0 Å². The summed E-state index contributed by atoms with van der Waals surface area (Å²) in [6, 6.07) is 13.7. The molecular formula is C16H16Cl3N. The average molecular weight is 329 g/mol. The van der Waals surface area contributed by atoms with Crippen LogP contribution >= 0.6 is 34.8 Å². The van der Waals surface area contributed by atoms with E-state index < -0.39 is 0 Å². The minimum Gasteiger partial charge on any atom is -0.310 e. The molecule has 2 aromatic carbocycles. The second-order valence-electron chi connectivity index (χ2n) is 4.59. The zero-order chi connectivity index (χ0) is 14.5. The van der Waals surface area contributed by atoms with E-state index in [1.54, 1.807) is 6.07 Å². The van der Waals surface area contributed by atoms with Gasteiger partial charge in [0.15, 0.2) is 0 Å². The molecule has 1 atom stereocenters. The first kappa shape index (κ1) is 15.7. The topological polar surface area (TPSA) is 12.0 Å². The van der Waals surface area contributed by atoms with Gasteiger partial charge in [-0.25, -0.2) is 0 Å². The summed E-state index contributed by atoms with van der Waals surface area (Å²) in [6.45, 7) is 2.93. The van der Waals surface area contributed by atoms with Crippen molar-refractivity contribution in [2.45, 2.75) is 19.4 Å². The molecule has 0 spiro atoms. The summed E-state index contributed by atoms with van der Waals surface area (Å²) in [5.41, 5.74) is 2.18. The van der Waals surface area contributed by atoms with Crippen LogP contribution in [-0.4, -0.2) is 6.54 Å². The van der Waals surface area contributed by atoms with Crippen LogP contribution < -0.4 is 5.32 Å². The summed E-state index contributed by atoms with van der Waals surface area (Å²) in [7, 11) is 0. The summed E-state index contributed by atoms with van der Waals surface area (Å²) in [5.74, 6) is 0. The summed E-state index contributed by atoms with van der Waals surface area (Å²) in [5, 5.41) is 5.39. The average Bonchev–Trinajstić information content (AvgIpc) is 2.42. The van der Waals surface area contributed by atoms with E-state index in [1.165, 1.54) is 5.56 Å². The molecule has 1 nitrogen and oxygen atoms in total. The van der Waals surface area contributed by atoms with Gasteiger partial charge in [0.2, 0.25) is 0 Å². The molecule has 0 fully saturated rings. The predicted octanol–water partition coefficient (Wildman–Crippen LogP) is 5.54. The number of nitrogens with one attached hydrogen (secondary N) is 1. The van der Waals surface area contributed by atoms with E-state index in [0.29, 0.717) is 10.0 Å². The lowest BCUT2D eigenvalue weighted by molar-refractivity contribution is 0.550. The second kappa shape index (κ2) is 7.33. The van der Waals surface area contributed by atoms with Crippen molar-refractivity contribution in [1.29, 1.82) is 0 Å². The van der Waals surface area contributed by atoms with Crippen molar-refractivity contribution in [3.05, 3.63) is 68.7 Å². The SMILES string of the molecule is CCNC(Cc1cccc(Cl)c1)c1cccc(Cl)c1Cl. The van der Waals surface area contributed by atoms with Crippen molar-refractivity contribution in [2.24, 2.45) is 0 Å². The van der Waals surface area contributed by atoms with Crippen LogP contribution in [0.3, 0.4) is 0 Å². The Balaban J connectivity index is 2.29. The maximum atomic E-state index is 6.32. The predicted molar refractivity (Wildman–Crippen MR) is 88.0 cm³/mol. The zero-order valence-electron chi connectivity index (χ0n) is 11.2. The van der Waals surface area contributed by atoms with Crippen molar-refractivity contribution in [3.63, 3.8) is 0 Å². The molecule has 0 aliphatic heterocycles. The van der Waals surface area contributed by atoms with E-state index in [-0.39, 0.29) is 6.04 Å². The monoisotopic (exact) mass is 327 g/mol. The lowest BCUT2D eigenvalue weighted by atomic mass is 9.98. The van der Waals surface area contributed by atoms with Crippen molar-refractivity contribution in [3.8, 4) is 0 Å². The summed E-state index contributed by atoms with van der Waals surface area (Å²) < 4.78 is 0. The zero-order valence-corrected chi connectivity index (χ0v) is 13.4. The number of hydrogen-bond acceptors (Lipinski definition) is 1. The molecule has 2 aromatic rings. The molecule has 0 aliphatic carbocycles.